The minimum Gasteiger partial charge on any atom is -0.324 e. The van der Waals surface area contributed by atoms with E-state index in [0.29, 0.717) is 22.1 Å². The van der Waals surface area contributed by atoms with E-state index in [1.54, 1.807) is 12.1 Å². The van der Waals surface area contributed by atoms with Crippen molar-refractivity contribution in [2.45, 2.75) is 13.5 Å². The standard InChI is InChI=1S/C10H10FN3S/c1-6-2-3-8(11)7(4-6)10-14-13-9(5-12)15-10/h2-4H,5,12H2,1H3. The molecule has 0 atom stereocenters. The van der Waals surface area contributed by atoms with Crippen LogP contribution in [0, 0.1) is 12.7 Å². The SMILES string of the molecule is Cc1ccc(F)c(-c2nnc(CN)s2)c1. The first kappa shape index (κ1) is 10.2. The Hall–Kier alpha value is -1.33. The molecule has 1 aromatic heterocycles. The predicted octanol–water partition coefficient (Wildman–Crippen LogP) is 2.11. The lowest BCUT2D eigenvalue weighted by molar-refractivity contribution is 0.630. The minimum absolute atomic E-state index is 0.277. The summed E-state index contributed by atoms with van der Waals surface area (Å²) in [6.07, 6.45) is 0. The summed E-state index contributed by atoms with van der Waals surface area (Å²) in [6.45, 7) is 2.25. The van der Waals surface area contributed by atoms with Gasteiger partial charge in [0.05, 0.1) is 0 Å². The normalized spacial score (nSPS) is 10.6. The van der Waals surface area contributed by atoms with E-state index in [1.807, 2.05) is 6.92 Å². The fraction of sp³-hybridized carbons (Fsp3) is 0.200. The van der Waals surface area contributed by atoms with Gasteiger partial charge in [0.25, 0.3) is 0 Å². The summed E-state index contributed by atoms with van der Waals surface area (Å²) in [5.41, 5.74) is 6.91. The van der Waals surface area contributed by atoms with Crippen molar-refractivity contribution in [3.8, 4) is 10.6 Å². The molecule has 0 aliphatic heterocycles. The molecule has 0 fully saturated rings. The van der Waals surface area contributed by atoms with Crippen molar-refractivity contribution in [3.63, 3.8) is 0 Å². The first-order valence-electron chi connectivity index (χ1n) is 4.49. The van der Waals surface area contributed by atoms with Gasteiger partial charge >= 0.3 is 0 Å². The molecule has 5 heteroatoms. The van der Waals surface area contributed by atoms with Crippen LogP contribution in [0.4, 0.5) is 4.39 Å². The molecule has 0 aliphatic rings. The fourth-order valence-electron chi connectivity index (χ4n) is 1.25. The van der Waals surface area contributed by atoms with Gasteiger partial charge in [-0.2, -0.15) is 0 Å². The van der Waals surface area contributed by atoms with E-state index >= 15 is 0 Å². The van der Waals surface area contributed by atoms with Crippen LogP contribution in [0.25, 0.3) is 10.6 Å². The molecule has 2 aromatic rings. The monoisotopic (exact) mass is 223 g/mol. The van der Waals surface area contributed by atoms with Crippen molar-refractivity contribution in [2.24, 2.45) is 5.73 Å². The highest BCUT2D eigenvalue weighted by Crippen LogP contribution is 2.26. The quantitative estimate of drug-likeness (QED) is 0.848. The first-order chi connectivity index (χ1) is 7.20. The van der Waals surface area contributed by atoms with Crippen molar-refractivity contribution >= 4 is 11.3 Å². The molecule has 3 nitrogen and oxygen atoms in total. The van der Waals surface area contributed by atoms with Crippen LogP contribution in [-0.4, -0.2) is 10.2 Å². The van der Waals surface area contributed by atoms with Gasteiger partial charge in [0.1, 0.15) is 10.8 Å². The van der Waals surface area contributed by atoms with Crippen LogP contribution < -0.4 is 5.73 Å². The number of nitrogens with zero attached hydrogens (tertiary/aromatic N) is 2. The number of hydrogen-bond acceptors (Lipinski definition) is 4. The van der Waals surface area contributed by atoms with Crippen LogP contribution >= 0.6 is 11.3 Å². The van der Waals surface area contributed by atoms with Crippen LogP contribution in [-0.2, 0) is 6.54 Å². The van der Waals surface area contributed by atoms with Crippen molar-refractivity contribution in [1.82, 2.24) is 10.2 Å². The zero-order chi connectivity index (χ0) is 10.8. The maximum Gasteiger partial charge on any atom is 0.150 e. The van der Waals surface area contributed by atoms with E-state index in [0.717, 1.165) is 5.56 Å². The lowest BCUT2D eigenvalue weighted by atomic mass is 10.1. The molecule has 1 aromatic carbocycles. The van der Waals surface area contributed by atoms with E-state index < -0.39 is 0 Å². The Labute approximate surface area is 90.8 Å². The number of aromatic nitrogens is 2. The van der Waals surface area contributed by atoms with Gasteiger partial charge in [-0.1, -0.05) is 23.0 Å². The van der Waals surface area contributed by atoms with E-state index in [1.165, 1.54) is 17.4 Å². The van der Waals surface area contributed by atoms with Gasteiger partial charge in [-0.15, -0.1) is 10.2 Å². The Kier molecular flexibility index (Phi) is 2.75. The van der Waals surface area contributed by atoms with Gasteiger partial charge in [0.2, 0.25) is 0 Å². The lowest BCUT2D eigenvalue weighted by Crippen LogP contribution is -1.94. The number of benzene rings is 1. The maximum atomic E-state index is 13.5. The largest absolute Gasteiger partial charge is 0.324 e. The highest BCUT2D eigenvalue weighted by atomic mass is 32.1. The number of hydrogen-bond donors (Lipinski definition) is 1. The molecule has 2 rings (SSSR count). The molecule has 15 heavy (non-hydrogen) atoms. The van der Waals surface area contributed by atoms with Crippen molar-refractivity contribution in [1.29, 1.82) is 0 Å². The minimum atomic E-state index is -0.277. The van der Waals surface area contributed by atoms with Gasteiger partial charge in [0.15, 0.2) is 5.01 Å². The second-order valence-electron chi connectivity index (χ2n) is 3.19. The third-order valence-corrected chi connectivity index (χ3v) is 2.97. The van der Waals surface area contributed by atoms with E-state index in [4.69, 9.17) is 5.73 Å². The summed E-state index contributed by atoms with van der Waals surface area (Å²) in [7, 11) is 0. The van der Waals surface area contributed by atoms with Crippen LogP contribution in [0.2, 0.25) is 0 Å². The molecule has 0 saturated heterocycles. The van der Waals surface area contributed by atoms with Crippen LogP contribution in [0.1, 0.15) is 10.6 Å². The van der Waals surface area contributed by atoms with Gasteiger partial charge in [-0.05, 0) is 19.1 Å². The second kappa shape index (κ2) is 4.04. The first-order valence-corrected chi connectivity index (χ1v) is 5.31. The number of halogens is 1. The van der Waals surface area contributed by atoms with Crippen molar-refractivity contribution in [2.75, 3.05) is 0 Å². The van der Waals surface area contributed by atoms with Gasteiger partial charge in [-0.3, -0.25) is 0 Å². The fourth-order valence-corrected chi connectivity index (χ4v) is 1.98. The smallest absolute Gasteiger partial charge is 0.150 e. The lowest BCUT2D eigenvalue weighted by Gasteiger charge is -1.99. The highest BCUT2D eigenvalue weighted by molar-refractivity contribution is 7.14. The Bertz CT molecular complexity index is 481. The molecule has 1 heterocycles. The Balaban J connectivity index is 2.48. The molecule has 0 spiro atoms. The average molecular weight is 223 g/mol. The predicted molar refractivity (Wildman–Crippen MR) is 57.9 cm³/mol. The molecule has 0 bridgehead atoms. The highest BCUT2D eigenvalue weighted by Gasteiger charge is 2.10. The van der Waals surface area contributed by atoms with Crippen LogP contribution in [0.5, 0.6) is 0 Å². The Morgan fingerprint density at radius 3 is 2.87 bits per heavy atom. The average Bonchev–Trinajstić information content (AvgIpc) is 2.70. The zero-order valence-corrected chi connectivity index (χ0v) is 9.01. The van der Waals surface area contributed by atoms with Gasteiger partial charge in [-0.25, -0.2) is 4.39 Å². The summed E-state index contributed by atoms with van der Waals surface area (Å²) in [5, 5.41) is 9.06. The van der Waals surface area contributed by atoms with Crippen molar-refractivity contribution < 1.29 is 4.39 Å². The van der Waals surface area contributed by atoms with Crippen molar-refractivity contribution in [3.05, 3.63) is 34.6 Å². The third kappa shape index (κ3) is 2.03. The molecule has 2 N–H and O–H groups in total. The Morgan fingerprint density at radius 2 is 2.20 bits per heavy atom. The van der Waals surface area contributed by atoms with E-state index in [-0.39, 0.29) is 5.82 Å². The number of nitrogens with two attached hydrogens (primary N) is 1. The second-order valence-corrected chi connectivity index (χ2v) is 4.25. The van der Waals surface area contributed by atoms with Gasteiger partial charge < -0.3 is 5.73 Å². The Morgan fingerprint density at radius 1 is 1.40 bits per heavy atom. The number of aryl methyl sites for hydroxylation is 1. The molecular formula is C10H10FN3S. The molecule has 0 amide bonds. The number of rotatable bonds is 2. The third-order valence-electron chi connectivity index (χ3n) is 1.99. The molecule has 78 valence electrons. The molecule has 0 radical (unpaired) electrons. The van der Waals surface area contributed by atoms with Crippen LogP contribution in [0.3, 0.4) is 0 Å². The van der Waals surface area contributed by atoms with E-state index in [9.17, 15) is 4.39 Å². The maximum absolute atomic E-state index is 13.5. The molecule has 0 aliphatic carbocycles. The molecular weight excluding hydrogens is 213 g/mol. The summed E-state index contributed by atoms with van der Waals surface area (Å²) in [5.74, 6) is -0.277. The van der Waals surface area contributed by atoms with Gasteiger partial charge in [0, 0.05) is 12.1 Å². The topological polar surface area (TPSA) is 51.8 Å². The summed E-state index contributed by atoms with van der Waals surface area (Å²) in [6, 6.07) is 4.92. The summed E-state index contributed by atoms with van der Waals surface area (Å²) in [4.78, 5) is 0. The summed E-state index contributed by atoms with van der Waals surface area (Å²) < 4.78 is 13.5. The molecule has 0 unspecified atom stereocenters. The van der Waals surface area contributed by atoms with E-state index in [2.05, 4.69) is 10.2 Å². The zero-order valence-electron chi connectivity index (χ0n) is 8.20. The summed E-state index contributed by atoms with van der Waals surface area (Å²) >= 11 is 1.32. The molecule has 0 saturated carbocycles. The van der Waals surface area contributed by atoms with Crippen LogP contribution in [0.15, 0.2) is 18.2 Å².